The minimum Gasteiger partial charge on any atom is -0.480 e. The minimum atomic E-state index is -1.33. The van der Waals surface area contributed by atoms with Gasteiger partial charge in [-0.1, -0.05) is 11.8 Å². The van der Waals surface area contributed by atoms with Gasteiger partial charge in [0.15, 0.2) is 10.8 Å². The molecule has 30 heavy (non-hydrogen) atoms. The number of nitrogens with two attached hydrogens (primary N) is 1. The van der Waals surface area contributed by atoms with Crippen LogP contribution in [0.25, 0.3) is 0 Å². The summed E-state index contributed by atoms with van der Waals surface area (Å²) in [5.41, 5.74) is 5.26. The van der Waals surface area contributed by atoms with Gasteiger partial charge in [-0.3, -0.25) is 19.3 Å². The number of ether oxygens (including phenoxy) is 1. The van der Waals surface area contributed by atoms with Crippen molar-refractivity contribution in [1.29, 1.82) is 0 Å². The van der Waals surface area contributed by atoms with Crippen molar-refractivity contribution in [3.8, 4) is 5.75 Å². The fraction of sp³-hybridized carbons (Fsp3) is 0.333. The lowest BCUT2D eigenvalue weighted by Crippen LogP contribution is -2.60. The Morgan fingerprint density at radius 3 is 2.43 bits per heavy atom. The number of nitrogens with zero attached hydrogens (tertiary/aromatic N) is 1. The number of amides is 2. The van der Waals surface area contributed by atoms with E-state index in [1.54, 1.807) is 0 Å². The normalized spacial score (nSPS) is 22.1. The second kappa shape index (κ2) is 8.34. The molecule has 1 aromatic rings. The average Bonchev–Trinajstić information content (AvgIpc) is 3.00. The van der Waals surface area contributed by atoms with Gasteiger partial charge in [0.1, 0.15) is 17.2 Å². The summed E-state index contributed by atoms with van der Waals surface area (Å²) in [6, 6.07) is 4.47. The van der Waals surface area contributed by atoms with Gasteiger partial charge in [-0.25, -0.2) is 4.79 Å². The van der Waals surface area contributed by atoms with Crippen molar-refractivity contribution >= 4 is 35.5 Å². The van der Waals surface area contributed by atoms with Crippen molar-refractivity contribution < 1.29 is 39.2 Å². The second-order valence-corrected chi connectivity index (χ2v) is 7.79. The number of aliphatic hydroxyl groups is 1. The number of fused-ring (bicyclic) bond motifs is 1. The van der Waals surface area contributed by atoms with Gasteiger partial charge < -0.3 is 31.1 Å². The largest absolute Gasteiger partial charge is 0.480 e. The number of hydrogen-bond acceptors (Lipinski definition) is 8. The number of aliphatic hydroxyl groups excluding tert-OH is 1. The van der Waals surface area contributed by atoms with Crippen LogP contribution in [-0.4, -0.2) is 68.0 Å². The van der Waals surface area contributed by atoms with Gasteiger partial charge >= 0.3 is 11.9 Å². The van der Waals surface area contributed by atoms with Crippen molar-refractivity contribution in [2.24, 2.45) is 11.7 Å². The molecule has 2 heterocycles. The van der Waals surface area contributed by atoms with Gasteiger partial charge in [-0.15, -0.1) is 0 Å². The monoisotopic (exact) mass is 437 g/mol. The van der Waals surface area contributed by atoms with Gasteiger partial charge in [0.25, 0.3) is 5.91 Å². The lowest BCUT2D eigenvalue weighted by atomic mass is 9.92. The average molecular weight is 437 g/mol. The van der Waals surface area contributed by atoms with Crippen LogP contribution in [0.5, 0.6) is 5.75 Å². The number of benzene rings is 1. The molecule has 3 rings (SSSR count). The minimum absolute atomic E-state index is 0.00799. The Balaban J connectivity index is 1.69. The molecule has 1 fully saturated rings. The third-order valence-electron chi connectivity index (χ3n) is 4.60. The van der Waals surface area contributed by atoms with E-state index in [2.05, 4.69) is 5.32 Å². The number of nitrogens with one attached hydrogen (secondary N) is 1. The number of carboxylic acids is 2. The predicted molar refractivity (Wildman–Crippen MR) is 103 cm³/mol. The Morgan fingerprint density at radius 2 is 1.90 bits per heavy atom. The maximum absolute atomic E-state index is 12.2. The highest BCUT2D eigenvalue weighted by atomic mass is 32.2. The van der Waals surface area contributed by atoms with E-state index in [1.807, 2.05) is 0 Å². The Hall–Kier alpha value is -3.09. The van der Waals surface area contributed by atoms with Gasteiger partial charge in [0, 0.05) is 12.1 Å². The molecule has 160 valence electrons. The number of carboxylic acid groups (broad SMARTS) is 2. The van der Waals surface area contributed by atoms with E-state index in [9.17, 15) is 29.4 Å². The number of thioether (sulfide) groups is 1. The zero-order valence-electron chi connectivity index (χ0n) is 15.6. The molecule has 0 spiro atoms. The van der Waals surface area contributed by atoms with E-state index in [4.69, 9.17) is 15.6 Å². The Labute approximate surface area is 174 Å². The van der Waals surface area contributed by atoms with E-state index in [0.717, 1.165) is 16.7 Å². The molecule has 0 aromatic heterocycles. The summed E-state index contributed by atoms with van der Waals surface area (Å²) in [6.45, 7) is 1.22. The first-order valence-electron chi connectivity index (χ1n) is 8.81. The summed E-state index contributed by atoms with van der Waals surface area (Å²) in [7, 11) is 0. The van der Waals surface area contributed by atoms with Crippen LogP contribution in [0, 0.1) is 5.92 Å². The van der Waals surface area contributed by atoms with Crippen LogP contribution < -0.4 is 15.8 Å². The third kappa shape index (κ3) is 3.97. The predicted octanol–water partition coefficient (Wildman–Crippen LogP) is -0.627. The molecule has 0 aliphatic carbocycles. The van der Waals surface area contributed by atoms with Gasteiger partial charge in [0.05, 0.1) is 12.0 Å². The van der Waals surface area contributed by atoms with Crippen LogP contribution >= 0.6 is 11.8 Å². The van der Waals surface area contributed by atoms with E-state index in [0.29, 0.717) is 0 Å². The molecule has 12 heteroatoms. The molecule has 1 unspecified atom stereocenters. The van der Waals surface area contributed by atoms with E-state index in [-0.39, 0.29) is 28.6 Å². The first kappa shape index (κ1) is 21.6. The highest BCUT2D eigenvalue weighted by molar-refractivity contribution is 8.03. The molecule has 4 atom stereocenters. The number of aliphatic carboxylic acids is 2. The molecule has 0 saturated carbocycles. The summed E-state index contributed by atoms with van der Waals surface area (Å²) in [5, 5.41) is 29.8. The van der Waals surface area contributed by atoms with Crippen LogP contribution in [-0.2, 0) is 14.4 Å². The molecule has 2 aliphatic rings. The molecule has 11 nitrogen and oxygen atoms in total. The third-order valence-corrected chi connectivity index (χ3v) is 5.83. The quantitative estimate of drug-likeness (QED) is 0.329. The maximum atomic E-state index is 12.2. The molecule has 2 aliphatic heterocycles. The molecule has 0 radical (unpaired) electrons. The fourth-order valence-electron chi connectivity index (χ4n) is 2.99. The van der Waals surface area contributed by atoms with Crippen LogP contribution in [0.1, 0.15) is 17.3 Å². The number of rotatable bonds is 8. The van der Waals surface area contributed by atoms with Crippen molar-refractivity contribution in [3.63, 3.8) is 0 Å². The standard InChI is InChI=1S/C18H19N3O8S/c1-7(22)11-14(24)21-12(17(27)28)18(30-15(11)21)29-9-4-2-8(3-5-9)13(23)20-6-10(19)16(25)26/h2-5,7,10-11,15,22H,6,19H2,1H3,(H,20,23)(H,25,26)(H,27,28)/t7-,10?,11+,15-/m1/s1. The van der Waals surface area contributed by atoms with Gasteiger partial charge in [0.2, 0.25) is 5.91 Å². The van der Waals surface area contributed by atoms with Crippen molar-refractivity contribution in [2.45, 2.75) is 24.4 Å². The fourth-order valence-corrected chi connectivity index (χ4v) is 4.46. The first-order valence-corrected chi connectivity index (χ1v) is 9.69. The molecule has 6 N–H and O–H groups in total. The molecule has 2 amide bonds. The highest BCUT2D eigenvalue weighted by Gasteiger charge is 2.58. The molecule has 0 bridgehead atoms. The zero-order chi connectivity index (χ0) is 22.2. The molecular weight excluding hydrogens is 418 g/mol. The lowest BCUT2D eigenvalue weighted by molar-refractivity contribution is -0.156. The zero-order valence-corrected chi connectivity index (χ0v) is 16.5. The Kier molecular flexibility index (Phi) is 6.01. The summed E-state index contributed by atoms with van der Waals surface area (Å²) < 4.78 is 5.63. The van der Waals surface area contributed by atoms with Crippen molar-refractivity contribution in [1.82, 2.24) is 10.2 Å². The summed E-state index contributed by atoms with van der Waals surface area (Å²) in [4.78, 5) is 47.6. The SMILES string of the molecule is C[C@@H](O)[C@H]1C(=O)N2C(C(=O)O)=C(Oc3ccc(C(=O)NCC(N)C(=O)O)cc3)S[C@H]12. The number of carbonyl (C=O) groups is 4. The maximum Gasteiger partial charge on any atom is 0.357 e. The highest BCUT2D eigenvalue weighted by Crippen LogP contribution is 2.50. The number of β-lactam (4-membered cyclic amide) rings is 1. The number of hydrogen-bond donors (Lipinski definition) is 5. The summed E-state index contributed by atoms with van der Waals surface area (Å²) >= 11 is 1.03. The van der Waals surface area contributed by atoms with Crippen molar-refractivity contribution in [2.75, 3.05) is 6.54 Å². The Bertz CT molecular complexity index is 930. The van der Waals surface area contributed by atoms with E-state index in [1.165, 1.54) is 31.2 Å². The first-order chi connectivity index (χ1) is 14.1. The van der Waals surface area contributed by atoms with Crippen LogP contribution in [0.3, 0.4) is 0 Å². The smallest absolute Gasteiger partial charge is 0.357 e. The van der Waals surface area contributed by atoms with Gasteiger partial charge in [-0.2, -0.15) is 0 Å². The second-order valence-electron chi connectivity index (χ2n) is 6.71. The van der Waals surface area contributed by atoms with Gasteiger partial charge in [-0.05, 0) is 31.2 Å². The van der Waals surface area contributed by atoms with E-state index < -0.39 is 47.2 Å². The molecular formula is C18H19N3O8S. The summed E-state index contributed by atoms with van der Waals surface area (Å²) in [5.74, 6) is -4.06. The number of carbonyl (C=O) groups excluding carboxylic acids is 2. The van der Waals surface area contributed by atoms with Crippen LogP contribution in [0.4, 0.5) is 0 Å². The Morgan fingerprint density at radius 1 is 1.27 bits per heavy atom. The van der Waals surface area contributed by atoms with E-state index >= 15 is 0 Å². The van der Waals surface area contributed by atoms with Crippen LogP contribution in [0.2, 0.25) is 0 Å². The summed E-state index contributed by atoms with van der Waals surface area (Å²) in [6.07, 6.45) is -0.923. The topological polar surface area (TPSA) is 179 Å². The molecule has 1 aromatic carbocycles. The molecule has 1 saturated heterocycles. The van der Waals surface area contributed by atoms with Crippen LogP contribution in [0.15, 0.2) is 35.1 Å². The van der Waals surface area contributed by atoms with Crippen molar-refractivity contribution in [3.05, 3.63) is 40.6 Å². The lowest BCUT2D eigenvalue weighted by Gasteiger charge is -2.43.